The summed E-state index contributed by atoms with van der Waals surface area (Å²) in [6.07, 6.45) is 0. The molecule has 154 valence electrons. The first kappa shape index (κ1) is 22.3. The molecule has 0 fully saturated rings. The van der Waals surface area contributed by atoms with E-state index in [1.807, 2.05) is 59.7 Å². The van der Waals surface area contributed by atoms with E-state index in [1.54, 1.807) is 29.2 Å². The van der Waals surface area contributed by atoms with Gasteiger partial charge < -0.3 is 9.64 Å². The number of esters is 1. The minimum absolute atomic E-state index is 0.000591. The molecule has 0 spiro atoms. The molecule has 0 saturated carbocycles. The molecule has 0 unspecified atom stereocenters. The molecule has 0 saturated heterocycles. The summed E-state index contributed by atoms with van der Waals surface area (Å²) in [5.41, 5.74) is 2.78. The maximum absolute atomic E-state index is 13.1. The van der Waals surface area contributed by atoms with Crippen LogP contribution in [0.25, 0.3) is 0 Å². The standard InChI is InChI=1S/C24H29NO4/c1-15(2)25(16(3)4)22(26)14-29-24(28)20-10-8-7-9-19(20)23(27)21-13-17(5)11-12-18(21)6/h7-13,15-16H,14H2,1-6H3. The van der Waals surface area contributed by atoms with E-state index in [1.165, 1.54) is 0 Å². The van der Waals surface area contributed by atoms with Gasteiger partial charge in [0.2, 0.25) is 0 Å². The third kappa shape index (κ3) is 5.31. The van der Waals surface area contributed by atoms with Gasteiger partial charge in [-0.25, -0.2) is 4.79 Å². The third-order valence-electron chi connectivity index (χ3n) is 4.76. The van der Waals surface area contributed by atoms with Gasteiger partial charge in [0, 0.05) is 23.2 Å². The molecule has 29 heavy (non-hydrogen) atoms. The molecule has 0 aromatic heterocycles. The van der Waals surface area contributed by atoms with Crippen LogP contribution < -0.4 is 0 Å². The summed E-state index contributed by atoms with van der Waals surface area (Å²) < 4.78 is 5.27. The number of benzene rings is 2. The van der Waals surface area contributed by atoms with Gasteiger partial charge in [0.1, 0.15) is 0 Å². The van der Waals surface area contributed by atoms with E-state index in [2.05, 4.69) is 0 Å². The van der Waals surface area contributed by atoms with E-state index >= 15 is 0 Å². The van der Waals surface area contributed by atoms with Crippen LogP contribution in [0, 0.1) is 13.8 Å². The smallest absolute Gasteiger partial charge is 0.339 e. The summed E-state index contributed by atoms with van der Waals surface area (Å²) in [4.78, 5) is 39.9. The highest BCUT2D eigenvalue weighted by Gasteiger charge is 2.24. The van der Waals surface area contributed by atoms with Crippen molar-refractivity contribution < 1.29 is 19.1 Å². The molecule has 0 bridgehead atoms. The fourth-order valence-corrected chi connectivity index (χ4v) is 3.44. The van der Waals surface area contributed by atoms with Crippen molar-refractivity contribution in [3.63, 3.8) is 0 Å². The van der Waals surface area contributed by atoms with Crippen LogP contribution in [0.5, 0.6) is 0 Å². The monoisotopic (exact) mass is 395 g/mol. The molecule has 2 aromatic carbocycles. The van der Waals surface area contributed by atoms with Gasteiger partial charge in [-0.2, -0.15) is 0 Å². The maximum atomic E-state index is 13.1. The minimum Gasteiger partial charge on any atom is -0.452 e. The zero-order chi connectivity index (χ0) is 21.7. The maximum Gasteiger partial charge on any atom is 0.339 e. The molecule has 2 rings (SSSR count). The Hall–Kier alpha value is -2.95. The number of hydrogen-bond acceptors (Lipinski definition) is 4. The van der Waals surface area contributed by atoms with Gasteiger partial charge in [0.15, 0.2) is 12.4 Å². The number of rotatable bonds is 7. The molecule has 0 aliphatic rings. The van der Waals surface area contributed by atoms with Crippen LogP contribution in [0.15, 0.2) is 42.5 Å². The van der Waals surface area contributed by atoms with Crippen molar-refractivity contribution in [1.82, 2.24) is 4.90 Å². The normalized spacial score (nSPS) is 10.9. The Kier molecular flexibility index (Phi) is 7.32. The molecule has 0 N–H and O–H groups in total. The first-order chi connectivity index (χ1) is 13.6. The molecule has 5 nitrogen and oxygen atoms in total. The quantitative estimate of drug-likeness (QED) is 0.517. The first-order valence-electron chi connectivity index (χ1n) is 9.82. The second kappa shape index (κ2) is 9.50. The minimum atomic E-state index is -0.680. The number of aryl methyl sites for hydroxylation is 2. The molecule has 0 aliphatic heterocycles. The summed E-state index contributed by atoms with van der Waals surface area (Å²) in [6, 6.07) is 12.2. The van der Waals surface area contributed by atoms with E-state index < -0.39 is 5.97 Å². The fraction of sp³-hybridized carbons (Fsp3) is 0.375. The van der Waals surface area contributed by atoms with E-state index in [0.717, 1.165) is 11.1 Å². The average Bonchev–Trinajstić information content (AvgIpc) is 2.66. The number of carbonyl (C=O) groups excluding carboxylic acids is 3. The Bertz CT molecular complexity index is 907. The Morgan fingerprint density at radius 3 is 2.03 bits per heavy atom. The van der Waals surface area contributed by atoms with E-state index in [-0.39, 0.29) is 41.5 Å². The van der Waals surface area contributed by atoms with Crippen molar-refractivity contribution in [1.29, 1.82) is 0 Å². The Morgan fingerprint density at radius 1 is 0.862 bits per heavy atom. The van der Waals surface area contributed by atoms with Crippen LogP contribution in [0.1, 0.15) is 65.1 Å². The van der Waals surface area contributed by atoms with Gasteiger partial charge in [0.05, 0.1) is 5.56 Å². The van der Waals surface area contributed by atoms with Crippen molar-refractivity contribution in [2.45, 2.75) is 53.6 Å². The van der Waals surface area contributed by atoms with Crippen LogP contribution in [0.4, 0.5) is 0 Å². The Balaban J connectivity index is 2.24. The number of nitrogens with zero attached hydrogens (tertiary/aromatic N) is 1. The van der Waals surface area contributed by atoms with E-state index in [9.17, 15) is 14.4 Å². The SMILES string of the molecule is Cc1ccc(C)c(C(=O)c2ccccc2C(=O)OCC(=O)N(C(C)C)C(C)C)c1. The molecule has 0 radical (unpaired) electrons. The van der Waals surface area contributed by atoms with Crippen molar-refractivity contribution in [2.24, 2.45) is 0 Å². The Morgan fingerprint density at radius 2 is 1.45 bits per heavy atom. The number of amides is 1. The zero-order valence-electron chi connectivity index (χ0n) is 18.0. The second-order valence-corrected chi connectivity index (χ2v) is 7.76. The molecule has 5 heteroatoms. The van der Waals surface area contributed by atoms with Gasteiger partial charge in [-0.15, -0.1) is 0 Å². The van der Waals surface area contributed by atoms with Gasteiger partial charge >= 0.3 is 5.97 Å². The lowest BCUT2D eigenvalue weighted by Gasteiger charge is -2.30. The molecular formula is C24H29NO4. The fourth-order valence-electron chi connectivity index (χ4n) is 3.44. The highest BCUT2D eigenvalue weighted by Crippen LogP contribution is 2.20. The van der Waals surface area contributed by atoms with E-state index in [0.29, 0.717) is 5.56 Å². The van der Waals surface area contributed by atoms with Gasteiger partial charge in [-0.1, -0.05) is 35.9 Å². The second-order valence-electron chi connectivity index (χ2n) is 7.76. The van der Waals surface area contributed by atoms with Crippen LogP contribution in [-0.4, -0.2) is 41.3 Å². The summed E-state index contributed by atoms with van der Waals surface area (Å²) in [5.74, 6) is -1.18. The van der Waals surface area contributed by atoms with Crippen molar-refractivity contribution >= 4 is 17.7 Å². The van der Waals surface area contributed by atoms with Gasteiger partial charge in [0.25, 0.3) is 5.91 Å². The summed E-state index contributed by atoms with van der Waals surface area (Å²) in [6.45, 7) is 11.1. The van der Waals surface area contributed by atoms with Crippen LogP contribution in [0.2, 0.25) is 0 Å². The number of ether oxygens (including phenoxy) is 1. The van der Waals surface area contributed by atoms with Crippen LogP contribution >= 0.6 is 0 Å². The van der Waals surface area contributed by atoms with Crippen molar-refractivity contribution in [2.75, 3.05) is 6.61 Å². The number of ketones is 1. The van der Waals surface area contributed by atoms with Crippen molar-refractivity contribution in [3.05, 3.63) is 70.3 Å². The zero-order valence-corrected chi connectivity index (χ0v) is 18.0. The number of hydrogen-bond donors (Lipinski definition) is 0. The molecular weight excluding hydrogens is 366 g/mol. The molecule has 1 amide bonds. The first-order valence-corrected chi connectivity index (χ1v) is 9.82. The lowest BCUT2D eigenvalue weighted by molar-refractivity contribution is -0.138. The van der Waals surface area contributed by atoms with Crippen LogP contribution in [-0.2, 0) is 9.53 Å². The van der Waals surface area contributed by atoms with Gasteiger partial charge in [-0.3, -0.25) is 9.59 Å². The highest BCUT2D eigenvalue weighted by molar-refractivity contribution is 6.15. The largest absolute Gasteiger partial charge is 0.452 e. The lowest BCUT2D eigenvalue weighted by atomic mass is 9.94. The summed E-state index contributed by atoms with van der Waals surface area (Å²) >= 11 is 0. The molecule has 2 aromatic rings. The average molecular weight is 395 g/mol. The third-order valence-corrected chi connectivity index (χ3v) is 4.76. The summed E-state index contributed by atoms with van der Waals surface area (Å²) in [5, 5.41) is 0. The van der Waals surface area contributed by atoms with Gasteiger partial charge in [-0.05, 0) is 59.2 Å². The van der Waals surface area contributed by atoms with E-state index in [4.69, 9.17) is 4.74 Å². The molecule has 0 aliphatic carbocycles. The Labute approximate surface area is 172 Å². The predicted molar refractivity (Wildman–Crippen MR) is 113 cm³/mol. The molecule has 0 heterocycles. The van der Waals surface area contributed by atoms with Crippen LogP contribution in [0.3, 0.4) is 0 Å². The lowest BCUT2D eigenvalue weighted by Crippen LogP contribution is -2.44. The molecule has 0 atom stereocenters. The van der Waals surface area contributed by atoms with Crippen molar-refractivity contribution in [3.8, 4) is 0 Å². The summed E-state index contributed by atoms with van der Waals surface area (Å²) in [7, 11) is 0. The topological polar surface area (TPSA) is 63.7 Å². The highest BCUT2D eigenvalue weighted by atomic mass is 16.5. The number of carbonyl (C=O) groups is 3. The predicted octanol–water partition coefficient (Wildman–Crippen LogP) is 4.34.